The van der Waals surface area contributed by atoms with Crippen molar-refractivity contribution in [3.05, 3.63) is 60.8 Å². The van der Waals surface area contributed by atoms with E-state index in [-0.39, 0.29) is 12.5 Å². The molecule has 0 fully saturated rings. The van der Waals surface area contributed by atoms with Crippen LogP contribution < -0.4 is 10.2 Å². The number of likely N-dealkylation sites (N-methyl/N-ethyl adjacent to an activating group) is 1. The lowest BCUT2D eigenvalue weighted by atomic mass is 10.1. The summed E-state index contributed by atoms with van der Waals surface area (Å²) in [5, 5.41) is 13.7. The van der Waals surface area contributed by atoms with Crippen LogP contribution >= 0.6 is 7.82 Å². The lowest BCUT2D eigenvalue weighted by Crippen LogP contribution is -2.45. The van der Waals surface area contributed by atoms with E-state index >= 15 is 0 Å². The minimum absolute atomic E-state index is 0.0122. The first-order valence-electron chi connectivity index (χ1n) is 22.2. The monoisotopic (exact) mass is 793 g/mol. The molecule has 0 aromatic rings. The molecule has 0 aromatic heterocycles. The maximum Gasteiger partial charge on any atom is 0.268 e. The molecule has 0 spiro atoms. The van der Waals surface area contributed by atoms with Gasteiger partial charge in [-0.2, -0.15) is 0 Å². The minimum atomic E-state index is -4.60. The Morgan fingerprint density at radius 3 is 1.64 bits per heavy atom. The summed E-state index contributed by atoms with van der Waals surface area (Å²) in [6.07, 6.45) is 48.4. The quantitative estimate of drug-likeness (QED) is 0.0278. The zero-order valence-electron chi connectivity index (χ0n) is 36.1. The highest BCUT2D eigenvalue weighted by Gasteiger charge is 2.23. The number of quaternary nitrogens is 1. The molecular formula is C46H85N2O6P. The van der Waals surface area contributed by atoms with Crippen molar-refractivity contribution < 1.29 is 32.9 Å². The average Bonchev–Trinajstić information content (AvgIpc) is 3.13. The molecule has 1 amide bonds. The summed E-state index contributed by atoms with van der Waals surface area (Å²) in [6, 6.07) is -0.912. The number of carbonyl (C=O) groups is 1. The number of aliphatic hydroxyl groups excluding tert-OH is 1. The number of hydrogen-bond donors (Lipinski definition) is 2. The number of hydrogen-bond acceptors (Lipinski definition) is 6. The number of rotatable bonds is 39. The van der Waals surface area contributed by atoms with Gasteiger partial charge in [-0.25, -0.2) is 0 Å². The van der Waals surface area contributed by atoms with E-state index < -0.39 is 26.6 Å². The van der Waals surface area contributed by atoms with Crippen molar-refractivity contribution in [3.8, 4) is 0 Å². The predicted octanol–water partition coefficient (Wildman–Crippen LogP) is 11.6. The Morgan fingerprint density at radius 2 is 1.09 bits per heavy atom. The number of allylic oxidation sites excluding steroid dienone is 9. The smallest absolute Gasteiger partial charge is 0.268 e. The van der Waals surface area contributed by atoms with Crippen molar-refractivity contribution in [2.75, 3.05) is 40.9 Å². The van der Waals surface area contributed by atoms with Gasteiger partial charge in [0.15, 0.2) is 0 Å². The molecule has 3 atom stereocenters. The normalized spacial score (nSPS) is 15.0. The maximum absolute atomic E-state index is 12.8. The van der Waals surface area contributed by atoms with Crippen molar-refractivity contribution in [1.82, 2.24) is 5.32 Å². The van der Waals surface area contributed by atoms with Crippen LogP contribution in [-0.2, 0) is 18.4 Å². The van der Waals surface area contributed by atoms with Gasteiger partial charge in [0, 0.05) is 6.42 Å². The third-order valence-corrected chi connectivity index (χ3v) is 10.4. The fraction of sp³-hybridized carbons (Fsp3) is 0.761. The summed E-state index contributed by atoms with van der Waals surface area (Å²) in [4.78, 5) is 25.3. The van der Waals surface area contributed by atoms with Crippen LogP contribution in [0.2, 0.25) is 0 Å². The fourth-order valence-corrected chi connectivity index (χ4v) is 6.57. The largest absolute Gasteiger partial charge is 0.756 e. The molecule has 2 N–H and O–H groups in total. The van der Waals surface area contributed by atoms with Gasteiger partial charge in [-0.15, -0.1) is 0 Å². The van der Waals surface area contributed by atoms with Crippen LogP contribution in [0.1, 0.15) is 174 Å². The van der Waals surface area contributed by atoms with Crippen LogP contribution in [0, 0.1) is 0 Å². The second-order valence-corrected chi connectivity index (χ2v) is 17.4. The van der Waals surface area contributed by atoms with E-state index in [1.807, 2.05) is 27.2 Å². The number of nitrogens with zero attached hydrogens (tertiary/aromatic N) is 1. The third kappa shape index (κ3) is 40.2. The minimum Gasteiger partial charge on any atom is -0.756 e. The molecular weight excluding hydrogens is 707 g/mol. The zero-order valence-corrected chi connectivity index (χ0v) is 37.0. The lowest BCUT2D eigenvalue weighted by molar-refractivity contribution is -0.870. The molecule has 3 unspecified atom stereocenters. The molecule has 0 aromatic carbocycles. The fourth-order valence-electron chi connectivity index (χ4n) is 5.85. The highest BCUT2D eigenvalue weighted by molar-refractivity contribution is 7.45. The third-order valence-electron chi connectivity index (χ3n) is 9.43. The number of carbonyl (C=O) groups excluding carboxylic acids is 1. The Labute approximate surface area is 339 Å². The topological polar surface area (TPSA) is 108 Å². The van der Waals surface area contributed by atoms with Crippen molar-refractivity contribution in [1.29, 1.82) is 0 Å². The van der Waals surface area contributed by atoms with Gasteiger partial charge >= 0.3 is 0 Å². The van der Waals surface area contributed by atoms with Gasteiger partial charge in [-0.1, -0.05) is 158 Å². The van der Waals surface area contributed by atoms with Gasteiger partial charge < -0.3 is 28.8 Å². The highest BCUT2D eigenvalue weighted by atomic mass is 31.2. The molecule has 0 radical (unpaired) electrons. The van der Waals surface area contributed by atoms with E-state index in [4.69, 9.17) is 9.05 Å². The first kappa shape index (κ1) is 53.2. The van der Waals surface area contributed by atoms with Crippen LogP contribution in [0.25, 0.3) is 0 Å². The second-order valence-electron chi connectivity index (χ2n) is 16.0. The molecule has 320 valence electrons. The summed E-state index contributed by atoms with van der Waals surface area (Å²) in [7, 11) is 1.22. The highest BCUT2D eigenvalue weighted by Crippen LogP contribution is 2.38. The van der Waals surface area contributed by atoms with Gasteiger partial charge in [0.2, 0.25) is 5.91 Å². The van der Waals surface area contributed by atoms with Gasteiger partial charge in [0.05, 0.1) is 39.9 Å². The van der Waals surface area contributed by atoms with E-state index in [1.54, 1.807) is 6.08 Å². The molecule has 55 heavy (non-hydrogen) atoms. The SMILES string of the molecule is CCCC/C=C/CC/C=C/CC/C=C/C(O)C(COP(=O)([O-])OCC[N+](C)(C)C)NC(=O)CCCCCCCCCCC/C=C\C/C=C\CCCCCCC. The van der Waals surface area contributed by atoms with E-state index in [0.717, 1.165) is 57.8 Å². The van der Waals surface area contributed by atoms with Crippen LogP contribution in [0.15, 0.2) is 60.8 Å². The summed E-state index contributed by atoms with van der Waals surface area (Å²) in [5.41, 5.74) is 0. The van der Waals surface area contributed by atoms with Gasteiger partial charge in [-0.3, -0.25) is 9.36 Å². The van der Waals surface area contributed by atoms with Crippen LogP contribution in [0.4, 0.5) is 0 Å². The van der Waals surface area contributed by atoms with Crippen molar-refractivity contribution in [2.45, 2.75) is 187 Å². The first-order chi connectivity index (χ1) is 26.5. The van der Waals surface area contributed by atoms with E-state index in [2.05, 4.69) is 67.8 Å². The maximum atomic E-state index is 12.8. The van der Waals surface area contributed by atoms with E-state index in [1.165, 1.54) is 96.3 Å². The predicted molar refractivity (Wildman–Crippen MR) is 233 cm³/mol. The second kappa shape index (κ2) is 37.8. The van der Waals surface area contributed by atoms with E-state index in [0.29, 0.717) is 17.4 Å². The molecule has 0 aliphatic heterocycles. The summed E-state index contributed by atoms with van der Waals surface area (Å²) < 4.78 is 23.1. The molecule has 0 saturated carbocycles. The number of aliphatic hydroxyl groups is 1. The molecule has 0 aliphatic carbocycles. The Balaban J connectivity index is 4.40. The Kier molecular flexibility index (Phi) is 36.5. The van der Waals surface area contributed by atoms with Crippen molar-refractivity contribution >= 4 is 13.7 Å². The molecule has 0 bridgehead atoms. The van der Waals surface area contributed by atoms with Gasteiger partial charge in [0.1, 0.15) is 13.2 Å². The number of phosphoric ester groups is 1. The number of nitrogens with one attached hydrogen (secondary N) is 1. The first-order valence-corrected chi connectivity index (χ1v) is 23.6. The summed E-state index contributed by atoms with van der Waals surface area (Å²) in [5.74, 6) is -0.220. The van der Waals surface area contributed by atoms with Gasteiger partial charge in [0.25, 0.3) is 7.82 Å². The Hall–Kier alpha value is -1.80. The number of amides is 1. The number of unbranched alkanes of at least 4 members (excludes halogenated alkanes) is 18. The average molecular weight is 793 g/mol. The molecule has 8 nitrogen and oxygen atoms in total. The number of phosphoric acid groups is 1. The lowest BCUT2D eigenvalue weighted by Gasteiger charge is -2.29. The molecule has 0 rings (SSSR count). The van der Waals surface area contributed by atoms with Crippen molar-refractivity contribution in [2.24, 2.45) is 0 Å². The van der Waals surface area contributed by atoms with Crippen LogP contribution in [0.5, 0.6) is 0 Å². The summed E-state index contributed by atoms with van der Waals surface area (Å²) in [6.45, 7) is 4.53. The molecule has 0 saturated heterocycles. The van der Waals surface area contributed by atoms with Crippen LogP contribution in [0.3, 0.4) is 0 Å². The zero-order chi connectivity index (χ0) is 40.7. The van der Waals surface area contributed by atoms with E-state index in [9.17, 15) is 19.4 Å². The van der Waals surface area contributed by atoms with Crippen molar-refractivity contribution in [3.63, 3.8) is 0 Å². The molecule has 0 aliphatic rings. The van der Waals surface area contributed by atoms with Gasteiger partial charge in [-0.05, 0) is 70.6 Å². The molecule has 9 heteroatoms. The Bertz CT molecular complexity index is 1080. The summed E-state index contributed by atoms with van der Waals surface area (Å²) >= 11 is 0. The molecule has 0 heterocycles. The standard InChI is InChI=1S/C46H85N2O6P/c1-6-8-10-12-14-16-18-20-21-22-23-24-25-26-27-28-30-32-34-36-38-40-46(50)47-44(43-54-55(51,52)53-42-41-48(3,4)5)45(49)39-37-35-33-31-29-19-17-15-13-11-9-7-2/h13,15,18,20,22-23,29,31,37,39,44-45,49H,6-12,14,16-17,19,21,24-28,30,32-36,38,40-43H2,1-5H3,(H-,47,50,51,52)/b15-13+,20-18-,23-22-,31-29+,39-37+. The Morgan fingerprint density at radius 1 is 0.636 bits per heavy atom. The van der Waals surface area contributed by atoms with Crippen LogP contribution in [-0.4, -0.2) is 68.5 Å².